The monoisotopic (exact) mass is 1530 g/mol. The van der Waals surface area contributed by atoms with Gasteiger partial charge >= 0.3 is 11.4 Å². The van der Waals surface area contributed by atoms with Gasteiger partial charge in [0.25, 0.3) is 0 Å². The molecule has 0 saturated carbocycles. The standard InChI is InChI=1S/C42H45FN10O3.C28H32FN7O.C13H14N4O3/c1-48-35-25-28(13-14-33(35)52(42(48)56)34-15-18-40(54)46-41(34)55)7-2-3-19-49-21-23-50(24-22-49)38-12-5-10-31(45-38)36-27-44-37-16-17-39(47-53(36)37)51-20-6-11-32(51)29-8-4-9-30(43)26-29;29-22-6-1-5-21(19-22)25-8-3-13-36(25)26(30)10-11-27-31-20-24(32-27)23-7-2-9-28(33-23)35-16-14-34(15-17-35)12-4-18-37;1-16-10-6-7(14)2-3-8(10)17(13(16)20)9-4-5-11(18)15-12(9)19/h4-5,8-10,12-14,16-17,25-27,32,34H,2-3,6-7,11,15,18-24H2,1H3,(H,46,54,55);1-2,5-7,9-11,18-20,25,30H,3-4,8,12-17H2,(H,31,32);2-3,6,9H,4-5,14H2,1H3,(H,15,18,19)/b;11-10-,30-26?;/t32-,34?;25-;/m11./s1. The van der Waals surface area contributed by atoms with Crippen LogP contribution in [0.5, 0.6) is 0 Å². The van der Waals surface area contributed by atoms with Crippen LogP contribution in [-0.4, -0.2) is 182 Å². The SMILES string of the molecule is Cn1c(=O)n(C2CCC(=O)NC2=O)c2ccc(CCCCN3CCN(c4cccc(-c5cnc6ccc(N7CCC[C@@H]7c7cccc(F)c7)nn56)n4)CC3)cc21.Cn1c(=O)n(C2CCC(=O)NC2=O)c2ccc(N)cc21.N=C(/C=C\c1ncc(-c2cccc(N3CCN(CCC=O)CC3)n2)[nH]1)N1CCC[C@@H]1c1cccc(F)c1. The average Bonchev–Trinajstić information content (AvgIpc) is 1.61. The number of aryl methyl sites for hydroxylation is 3. The fourth-order valence-electron chi connectivity index (χ4n) is 16.4. The number of imidazole rings is 4. The quantitative estimate of drug-likeness (QED) is 0.0126. The minimum absolute atomic E-state index is 0.0128. The number of carbonyl (C=O) groups is 5. The molecular weight excluding hydrogens is 1440 g/mol. The number of piperidine rings is 2. The molecule has 17 rings (SSSR count). The average molecular weight is 1530 g/mol. The van der Waals surface area contributed by atoms with Crippen LogP contribution in [0.3, 0.4) is 0 Å². The van der Waals surface area contributed by atoms with Gasteiger partial charge in [-0.2, -0.15) is 0 Å². The van der Waals surface area contributed by atoms with E-state index in [9.17, 15) is 42.3 Å². The summed E-state index contributed by atoms with van der Waals surface area (Å²) >= 11 is 0. The Morgan fingerprint density at radius 3 is 1.79 bits per heavy atom. The molecular formula is C83H91F2N21O7. The number of pyridine rings is 2. The summed E-state index contributed by atoms with van der Waals surface area (Å²) in [6.07, 6.45) is 16.6. The number of H-pyrrole nitrogens is 1. The van der Waals surface area contributed by atoms with Gasteiger partial charge in [-0.25, -0.2) is 42.8 Å². The summed E-state index contributed by atoms with van der Waals surface area (Å²) in [7, 11) is 3.36. The molecule has 6 aliphatic heterocycles. The van der Waals surface area contributed by atoms with Crippen molar-refractivity contribution in [2.75, 3.05) is 99.0 Å². The molecule has 6 saturated heterocycles. The second-order valence-corrected chi connectivity index (χ2v) is 29.6. The Hall–Kier alpha value is -12.3. The third kappa shape index (κ3) is 16.7. The van der Waals surface area contributed by atoms with Crippen LogP contribution in [0.25, 0.3) is 56.6 Å². The van der Waals surface area contributed by atoms with Crippen LogP contribution in [0, 0.1) is 17.0 Å². The van der Waals surface area contributed by atoms with Crippen LogP contribution in [0.4, 0.5) is 31.9 Å². The number of nitrogens with one attached hydrogen (secondary N) is 4. The summed E-state index contributed by atoms with van der Waals surface area (Å²) in [5, 5.41) is 18.3. The van der Waals surface area contributed by atoms with Crippen molar-refractivity contribution in [2.45, 2.75) is 101 Å². The highest BCUT2D eigenvalue weighted by Gasteiger charge is 2.35. The number of hydrogen-bond acceptors (Lipinski definition) is 19. The topological polar surface area (TPSA) is 317 Å². The maximum absolute atomic E-state index is 14.1. The Labute approximate surface area is 650 Å². The van der Waals surface area contributed by atoms with Gasteiger partial charge in [0, 0.05) is 111 Å². The minimum Gasteiger partial charge on any atom is -0.399 e. The second-order valence-electron chi connectivity index (χ2n) is 29.6. The first-order chi connectivity index (χ1) is 54.9. The summed E-state index contributed by atoms with van der Waals surface area (Å²) in [6.45, 7) is 10.7. The summed E-state index contributed by atoms with van der Waals surface area (Å²) in [5.74, 6) is 1.82. The van der Waals surface area contributed by atoms with Crippen LogP contribution in [-0.2, 0) is 44.5 Å². The van der Waals surface area contributed by atoms with E-state index in [1.807, 2.05) is 82.3 Å². The lowest BCUT2D eigenvalue weighted by molar-refractivity contribution is -0.137. The molecule has 6 aliphatic rings. The number of carbonyl (C=O) groups excluding carboxylic acids is 5. The highest BCUT2D eigenvalue weighted by atomic mass is 19.1. The molecule has 113 heavy (non-hydrogen) atoms. The number of fused-ring (bicyclic) bond motifs is 3. The van der Waals surface area contributed by atoms with Crippen molar-refractivity contribution in [3.63, 3.8) is 0 Å². The van der Waals surface area contributed by atoms with Gasteiger partial charge in [-0.05, 0) is 184 Å². The van der Waals surface area contributed by atoms with Gasteiger partial charge < -0.3 is 35.1 Å². The number of amides is 4. The van der Waals surface area contributed by atoms with Crippen molar-refractivity contribution in [1.29, 1.82) is 5.41 Å². The van der Waals surface area contributed by atoms with Crippen LogP contribution < -0.4 is 42.4 Å². The summed E-state index contributed by atoms with van der Waals surface area (Å²) in [5.41, 5.74) is 15.6. The Kier molecular flexibility index (Phi) is 22.7. The number of imide groups is 2. The van der Waals surface area contributed by atoms with Gasteiger partial charge in [-0.15, -0.1) is 5.10 Å². The minimum atomic E-state index is -0.678. The van der Waals surface area contributed by atoms with Gasteiger partial charge in [0.1, 0.15) is 64.8 Å². The fraction of sp³-hybridized carbons (Fsp3) is 0.361. The number of aromatic nitrogens is 11. The molecule has 4 aromatic carbocycles. The van der Waals surface area contributed by atoms with E-state index in [1.165, 1.54) is 25.8 Å². The first-order valence-corrected chi connectivity index (χ1v) is 38.8. The number of likely N-dealkylation sites (tertiary alicyclic amines) is 1. The number of anilines is 4. The van der Waals surface area contributed by atoms with Crippen molar-refractivity contribution in [3.8, 4) is 22.8 Å². The molecule has 0 radical (unpaired) electrons. The van der Waals surface area contributed by atoms with E-state index in [4.69, 9.17) is 26.2 Å². The number of unbranched alkanes of at least 4 members (excludes halogenated alkanes) is 1. The molecule has 0 aliphatic carbocycles. The molecule has 11 aromatic rings. The molecule has 2 unspecified atom stereocenters. The molecule has 30 heteroatoms. The van der Waals surface area contributed by atoms with Crippen molar-refractivity contribution in [2.24, 2.45) is 14.1 Å². The van der Waals surface area contributed by atoms with E-state index in [-0.39, 0.29) is 59.8 Å². The Balaban J connectivity index is 0.000000151. The number of aldehydes is 1. The number of nitrogens with two attached hydrogens (primary N) is 1. The number of amidine groups is 1. The normalized spacial score (nSPS) is 19.1. The predicted octanol–water partition coefficient (Wildman–Crippen LogP) is 9.10. The fourth-order valence-corrected chi connectivity index (χ4v) is 16.4. The van der Waals surface area contributed by atoms with Gasteiger partial charge in [-0.1, -0.05) is 42.5 Å². The van der Waals surface area contributed by atoms with Crippen LogP contribution in [0.15, 0.2) is 162 Å². The number of nitrogen functional groups attached to an aromatic ring is 1. The number of halogens is 2. The third-order valence-electron chi connectivity index (χ3n) is 22.4. The third-order valence-corrected chi connectivity index (χ3v) is 22.4. The molecule has 6 N–H and O–H groups in total. The van der Waals surface area contributed by atoms with E-state index in [1.54, 1.807) is 79.5 Å². The van der Waals surface area contributed by atoms with Crippen LogP contribution in [0.2, 0.25) is 0 Å². The lowest BCUT2D eigenvalue weighted by Gasteiger charge is -2.35. The first kappa shape index (κ1) is 76.1. The smallest absolute Gasteiger partial charge is 0.329 e. The lowest BCUT2D eigenvalue weighted by Crippen LogP contribution is -2.47. The molecule has 4 amide bonds. The summed E-state index contributed by atoms with van der Waals surface area (Å²) in [6, 6.07) is 39.5. The van der Waals surface area contributed by atoms with E-state index in [0.717, 1.165) is 198 Å². The maximum atomic E-state index is 14.1. The van der Waals surface area contributed by atoms with Gasteiger partial charge in [0.15, 0.2) is 5.65 Å². The highest BCUT2D eigenvalue weighted by molar-refractivity contribution is 6.01. The zero-order valence-corrected chi connectivity index (χ0v) is 63.2. The van der Waals surface area contributed by atoms with E-state index in [2.05, 4.69) is 62.2 Å². The van der Waals surface area contributed by atoms with Crippen molar-refractivity contribution in [1.82, 2.24) is 78.1 Å². The number of piperazine rings is 2. The predicted molar refractivity (Wildman–Crippen MR) is 428 cm³/mol. The molecule has 4 atom stereocenters. The summed E-state index contributed by atoms with van der Waals surface area (Å²) < 4.78 is 35.7. The number of aromatic amines is 1. The Bertz CT molecular complexity index is 5550. The number of benzene rings is 4. The molecule has 584 valence electrons. The number of nitrogens with zero attached hydrogens (tertiary/aromatic N) is 16. The van der Waals surface area contributed by atoms with E-state index in [0.29, 0.717) is 53.2 Å². The van der Waals surface area contributed by atoms with Crippen molar-refractivity contribution >= 4 is 92.7 Å². The lowest BCUT2D eigenvalue weighted by atomic mass is 10.0. The van der Waals surface area contributed by atoms with E-state index < -0.39 is 23.9 Å². The van der Waals surface area contributed by atoms with Gasteiger partial charge in [-0.3, -0.25) is 63.3 Å². The summed E-state index contributed by atoms with van der Waals surface area (Å²) in [4.78, 5) is 120. The molecule has 6 fully saturated rings. The van der Waals surface area contributed by atoms with Crippen LogP contribution in [0.1, 0.15) is 117 Å². The maximum Gasteiger partial charge on any atom is 0.329 e. The number of rotatable bonds is 19. The van der Waals surface area contributed by atoms with E-state index >= 15 is 0 Å². The molecule has 7 aromatic heterocycles. The Morgan fingerprint density at radius 2 is 1.15 bits per heavy atom. The van der Waals surface area contributed by atoms with Gasteiger partial charge in [0.2, 0.25) is 23.6 Å². The molecule has 13 heterocycles. The van der Waals surface area contributed by atoms with Crippen molar-refractivity contribution < 1.29 is 32.8 Å². The number of hydrogen-bond donors (Lipinski definition) is 5. The first-order valence-electron chi connectivity index (χ1n) is 38.8. The second kappa shape index (κ2) is 33.7. The van der Waals surface area contributed by atoms with Gasteiger partial charge in [0.05, 0.1) is 63.6 Å². The molecule has 0 bridgehead atoms. The van der Waals surface area contributed by atoms with Crippen LogP contribution >= 0.6 is 0 Å². The largest absolute Gasteiger partial charge is 0.399 e. The Morgan fingerprint density at radius 1 is 0.566 bits per heavy atom. The zero-order valence-electron chi connectivity index (χ0n) is 63.2. The highest BCUT2D eigenvalue weighted by Crippen LogP contribution is 2.37. The molecule has 0 spiro atoms. The zero-order chi connectivity index (χ0) is 78.4. The van der Waals surface area contributed by atoms with Crippen molar-refractivity contribution in [3.05, 3.63) is 207 Å². The molecule has 28 nitrogen and oxygen atoms in total.